The van der Waals surface area contributed by atoms with Gasteiger partial charge >= 0.3 is 0 Å². The lowest BCUT2D eigenvalue weighted by Crippen LogP contribution is -2.34. The summed E-state index contributed by atoms with van der Waals surface area (Å²) < 4.78 is 0. The first kappa shape index (κ1) is 20.0. The molecule has 4 rings (SSSR count). The Morgan fingerprint density at radius 1 is 1.07 bits per heavy atom. The van der Waals surface area contributed by atoms with Crippen LogP contribution in [0.4, 0.5) is 5.69 Å². The van der Waals surface area contributed by atoms with Crippen LogP contribution in [0.1, 0.15) is 12.0 Å². The standard InChI is InChI=1S/C23H21ClN4O2/c24-19-6-8-20(9-7-19)28-15-18(12-21(28)29)23(30)25-11-10-16-13-26-22(27-14-16)17-4-2-1-3-5-17/h1-9,13-14,18H,10-12,15H2,(H,25,30). The van der Waals surface area contributed by atoms with E-state index in [1.165, 1.54) is 0 Å². The summed E-state index contributed by atoms with van der Waals surface area (Å²) in [7, 11) is 0. The van der Waals surface area contributed by atoms with Crippen molar-refractivity contribution in [3.63, 3.8) is 0 Å². The number of hydrogen-bond donors (Lipinski definition) is 1. The van der Waals surface area contributed by atoms with Gasteiger partial charge in [-0.15, -0.1) is 0 Å². The molecule has 1 N–H and O–H groups in total. The highest BCUT2D eigenvalue weighted by atomic mass is 35.5. The molecule has 7 heteroatoms. The number of nitrogens with one attached hydrogen (secondary N) is 1. The van der Waals surface area contributed by atoms with E-state index in [1.807, 2.05) is 30.3 Å². The van der Waals surface area contributed by atoms with E-state index in [4.69, 9.17) is 11.6 Å². The van der Waals surface area contributed by atoms with Crippen molar-refractivity contribution in [1.29, 1.82) is 0 Å². The molecule has 1 atom stereocenters. The maximum Gasteiger partial charge on any atom is 0.227 e. The van der Waals surface area contributed by atoms with E-state index in [9.17, 15) is 9.59 Å². The highest BCUT2D eigenvalue weighted by Crippen LogP contribution is 2.26. The molecule has 1 aliphatic rings. The molecule has 0 aliphatic carbocycles. The van der Waals surface area contributed by atoms with Gasteiger partial charge in [-0.1, -0.05) is 41.9 Å². The molecular weight excluding hydrogens is 400 g/mol. The molecule has 0 radical (unpaired) electrons. The maximum atomic E-state index is 12.5. The Bertz CT molecular complexity index is 1020. The van der Waals surface area contributed by atoms with Crippen LogP contribution in [-0.4, -0.2) is 34.9 Å². The number of nitrogens with zero attached hydrogens (tertiary/aromatic N) is 3. The third kappa shape index (κ3) is 4.66. The Balaban J connectivity index is 1.28. The predicted octanol–water partition coefficient (Wildman–Crippen LogP) is 3.51. The number of anilines is 1. The quantitative estimate of drug-likeness (QED) is 0.662. The van der Waals surface area contributed by atoms with E-state index >= 15 is 0 Å². The van der Waals surface area contributed by atoms with Gasteiger partial charge in [0.2, 0.25) is 11.8 Å². The zero-order chi connectivity index (χ0) is 20.9. The first-order chi connectivity index (χ1) is 14.6. The number of amides is 2. The fraction of sp³-hybridized carbons (Fsp3) is 0.217. The number of hydrogen-bond acceptors (Lipinski definition) is 4. The van der Waals surface area contributed by atoms with Crippen LogP contribution in [-0.2, 0) is 16.0 Å². The highest BCUT2D eigenvalue weighted by Gasteiger charge is 2.34. The van der Waals surface area contributed by atoms with Crippen LogP contribution in [0.15, 0.2) is 67.0 Å². The average Bonchev–Trinajstić information content (AvgIpc) is 3.17. The van der Waals surface area contributed by atoms with Crippen molar-refractivity contribution in [2.24, 2.45) is 5.92 Å². The van der Waals surface area contributed by atoms with E-state index in [2.05, 4.69) is 15.3 Å². The molecule has 1 aliphatic heterocycles. The largest absolute Gasteiger partial charge is 0.355 e. The van der Waals surface area contributed by atoms with Crippen molar-refractivity contribution in [3.8, 4) is 11.4 Å². The highest BCUT2D eigenvalue weighted by molar-refractivity contribution is 6.30. The first-order valence-electron chi connectivity index (χ1n) is 9.80. The van der Waals surface area contributed by atoms with Gasteiger partial charge in [0.05, 0.1) is 5.92 Å². The number of benzene rings is 2. The molecule has 1 unspecified atom stereocenters. The van der Waals surface area contributed by atoms with Gasteiger partial charge in [-0.2, -0.15) is 0 Å². The minimum atomic E-state index is -0.357. The summed E-state index contributed by atoms with van der Waals surface area (Å²) in [5.41, 5.74) is 2.67. The molecule has 1 aromatic heterocycles. The Morgan fingerprint density at radius 3 is 2.47 bits per heavy atom. The van der Waals surface area contributed by atoms with Gasteiger partial charge in [0.15, 0.2) is 5.82 Å². The minimum Gasteiger partial charge on any atom is -0.355 e. The second-order valence-corrected chi connectivity index (χ2v) is 7.64. The van der Waals surface area contributed by atoms with E-state index in [0.29, 0.717) is 30.4 Å². The van der Waals surface area contributed by atoms with Crippen molar-refractivity contribution in [2.45, 2.75) is 12.8 Å². The summed E-state index contributed by atoms with van der Waals surface area (Å²) in [5, 5.41) is 3.54. The van der Waals surface area contributed by atoms with Gasteiger partial charge in [-0.05, 0) is 36.2 Å². The number of halogens is 1. The monoisotopic (exact) mass is 420 g/mol. The van der Waals surface area contributed by atoms with Gasteiger partial charge in [0.1, 0.15) is 0 Å². The second kappa shape index (κ2) is 9.05. The van der Waals surface area contributed by atoms with E-state index < -0.39 is 0 Å². The predicted molar refractivity (Wildman–Crippen MR) is 116 cm³/mol. The molecule has 30 heavy (non-hydrogen) atoms. The number of aromatic nitrogens is 2. The van der Waals surface area contributed by atoms with Crippen LogP contribution in [0.5, 0.6) is 0 Å². The SMILES string of the molecule is O=C(NCCc1cnc(-c2ccccc2)nc1)C1CC(=O)N(c2ccc(Cl)cc2)C1. The van der Waals surface area contributed by atoms with Crippen LogP contribution in [0.3, 0.4) is 0 Å². The fourth-order valence-electron chi connectivity index (χ4n) is 3.45. The Kier molecular flexibility index (Phi) is 6.05. The molecule has 2 heterocycles. The van der Waals surface area contributed by atoms with Crippen molar-refractivity contribution in [2.75, 3.05) is 18.0 Å². The van der Waals surface area contributed by atoms with Crippen molar-refractivity contribution < 1.29 is 9.59 Å². The van der Waals surface area contributed by atoms with Crippen molar-refractivity contribution >= 4 is 29.1 Å². The van der Waals surface area contributed by atoms with E-state index in [0.717, 1.165) is 16.8 Å². The molecule has 152 valence electrons. The molecule has 1 fully saturated rings. The van der Waals surface area contributed by atoms with Crippen molar-refractivity contribution in [1.82, 2.24) is 15.3 Å². The molecule has 2 amide bonds. The molecule has 1 saturated heterocycles. The summed E-state index contributed by atoms with van der Waals surface area (Å²) in [6.45, 7) is 0.847. The van der Waals surface area contributed by atoms with E-state index in [1.54, 1.807) is 41.6 Å². The summed E-state index contributed by atoms with van der Waals surface area (Å²) in [4.78, 5) is 35.3. The smallest absolute Gasteiger partial charge is 0.227 e. The van der Waals surface area contributed by atoms with Crippen molar-refractivity contribution in [3.05, 3.63) is 77.6 Å². The zero-order valence-electron chi connectivity index (χ0n) is 16.3. The van der Waals surface area contributed by atoms with Gasteiger partial charge < -0.3 is 10.2 Å². The fourth-order valence-corrected chi connectivity index (χ4v) is 3.57. The van der Waals surface area contributed by atoms with E-state index in [-0.39, 0.29) is 24.2 Å². The third-order valence-corrected chi connectivity index (χ3v) is 5.34. The van der Waals surface area contributed by atoms with Gasteiger partial charge in [0.25, 0.3) is 0 Å². The number of carbonyl (C=O) groups is 2. The van der Waals surface area contributed by atoms with Crippen LogP contribution in [0.2, 0.25) is 5.02 Å². The van der Waals surface area contributed by atoms with Gasteiger partial charge in [-0.25, -0.2) is 9.97 Å². The van der Waals surface area contributed by atoms with Crippen LogP contribution < -0.4 is 10.2 Å². The minimum absolute atomic E-state index is 0.0534. The molecule has 6 nitrogen and oxygen atoms in total. The number of rotatable bonds is 6. The summed E-state index contributed by atoms with van der Waals surface area (Å²) in [5.74, 6) is 0.157. The molecule has 0 saturated carbocycles. The molecule has 0 bridgehead atoms. The Hall–Kier alpha value is -3.25. The first-order valence-corrected chi connectivity index (χ1v) is 10.2. The van der Waals surface area contributed by atoms with Gasteiger partial charge in [0, 0.05) is 48.2 Å². The topological polar surface area (TPSA) is 75.2 Å². The maximum absolute atomic E-state index is 12.5. The van der Waals surface area contributed by atoms with Gasteiger partial charge in [-0.3, -0.25) is 9.59 Å². The lowest BCUT2D eigenvalue weighted by atomic mass is 10.1. The molecule has 2 aromatic carbocycles. The second-order valence-electron chi connectivity index (χ2n) is 7.20. The van der Waals surface area contributed by atoms with Crippen LogP contribution in [0, 0.1) is 5.92 Å². The summed E-state index contributed by atoms with van der Waals surface area (Å²) in [6.07, 6.45) is 4.40. The Morgan fingerprint density at radius 2 is 1.77 bits per heavy atom. The molecular formula is C23H21ClN4O2. The number of carbonyl (C=O) groups excluding carboxylic acids is 2. The lowest BCUT2D eigenvalue weighted by molar-refractivity contribution is -0.126. The van der Waals surface area contributed by atoms with Crippen LogP contribution in [0.25, 0.3) is 11.4 Å². The normalized spacial score (nSPS) is 16.0. The Labute approximate surface area is 179 Å². The third-order valence-electron chi connectivity index (χ3n) is 5.08. The summed E-state index contributed by atoms with van der Waals surface area (Å²) in [6, 6.07) is 16.8. The lowest BCUT2D eigenvalue weighted by Gasteiger charge is -2.16. The average molecular weight is 421 g/mol. The molecule has 0 spiro atoms. The summed E-state index contributed by atoms with van der Waals surface area (Å²) >= 11 is 5.90. The van der Waals surface area contributed by atoms with Crippen LogP contribution >= 0.6 is 11.6 Å². The zero-order valence-corrected chi connectivity index (χ0v) is 17.0. The molecule has 3 aromatic rings.